The van der Waals surface area contributed by atoms with Gasteiger partial charge >= 0.3 is 0 Å². The standard InChI is InChI=1S/C23H46/c1-13-17-14-20(5,6)16-22(9,10)23(11,12)18(17)21(7,8)15-19(2,3)4/h17-18H,13-16H2,1-12H3. The first-order valence-electron chi connectivity index (χ1n) is 9.95. The molecule has 0 aromatic rings. The lowest BCUT2D eigenvalue weighted by Gasteiger charge is -2.55. The molecule has 0 aromatic carbocycles. The molecule has 0 aromatic heterocycles. The highest BCUT2D eigenvalue weighted by Gasteiger charge is 2.55. The van der Waals surface area contributed by atoms with Crippen molar-refractivity contribution in [3.63, 3.8) is 0 Å². The summed E-state index contributed by atoms with van der Waals surface area (Å²) in [6.45, 7) is 30.0. The van der Waals surface area contributed by atoms with Crippen LogP contribution in [-0.4, -0.2) is 0 Å². The van der Waals surface area contributed by atoms with Gasteiger partial charge in [0, 0.05) is 0 Å². The van der Waals surface area contributed by atoms with Gasteiger partial charge in [-0.3, -0.25) is 0 Å². The highest BCUT2D eigenvalue weighted by Crippen LogP contribution is 2.63. The van der Waals surface area contributed by atoms with Gasteiger partial charge in [0.05, 0.1) is 0 Å². The number of hydrogen-bond donors (Lipinski definition) is 0. The Balaban J connectivity index is 3.43. The Labute approximate surface area is 148 Å². The molecule has 0 bridgehead atoms. The summed E-state index contributed by atoms with van der Waals surface area (Å²) in [6, 6.07) is 0. The van der Waals surface area contributed by atoms with Crippen molar-refractivity contribution in [2.45, 2.75) is 109 Å². The third kappa shape index (κ3) is 4.55. The Morgan fingerprint density at radius 3 is 1.74 bits per heavy atom. The van der Waals surface area contributed by atoms with Crippen LogP contribution in [0, 0.1) is 38.9 Å². The minimum Gasteiger partial charge on any atom is -0.0651 e. The van der Waals surface area contributed by atoms with Crippen molar-refractivity contribution >= 4 is 0 Å². The maximum atomic E-state index is 2.58. The highest BCUT2D eigenvalue weighted by molar-refractivity contribution is 5.04. The molecule has 1 saturated carbocycles. The van der Waals surface area contributed by atoms with Crippen LogP contribution in [0.5, 0.6) is 0 Å². The lowest BCUT2D eigenvalue weighted by atomic mass is 9.50. The number of rotatable bonds is 3. The molecule has 1 rings (SSSR count). The fraction of sp³-hybridized carbons (Fsp3) is 1.00. The first-order chi connectivity index (χ1) is 9.95. The quantitative estimate of drug-likeness (QED) is 0.462. The third-order valence-corrected chi connectivity index (χ3v) is 7.08. The van der Waals surface area contributed by atoms with Crippen molar-refractivity contribution in [3.05, 3.63) is 0 Å². The summed E-state index contributed by atoms with van der Waals surface area (Å²) < 4.78 is 0. The highest BCUT2D eigenvalue weighted by atomic mass is 14.6. The van der Waals surface area contributed by atoms with Gasteiger partial charge in [0.15, 0.2) is 0 Å². The van der Waals surface area contributed by atoms with E-state index < -0.39 is 0 Å². The Morgan fingerprint density at radius 2 is 1.35 bits per heavy atom. The normalized spacial score (nSPS) is 30.8. The van der Waals surface area contributed by atoms with Gasteiger partial charge < -0.3 is 0 Å². The molecule has 138 valence electrons. The van der Waals surface area contributed by atoms with E-state index in [2.05, 4.69) is 83.1 Å². The van der Waals surface area contributed by atoms with Crippen LogP contribution in [-0.2, 0) is 0 Å². The van der Waals surface area contributed by atoms with Gasteiger partial charge in [-0.1, -0.05) is 89.5 Å². The van der Waals surface area contributed by atoms with Crippen molar-refractivity contribution in [2.75, 3.05) is 0 Å². The Bertz CT molecular complexity index is 400. The average Bonchev–Trinajstić information content (AvgIpc) is 2.25. The van der Waals surface area contributed by atoms with Gasteiger partial charge in [-0.25, -0.2) is 0 Å². The molecule has 0 heterocycles. The van der Waals surface area contributed by atoms with Crippen LogP contribution in [0.25, 0.3) is 0 Å². The predicted molar refractivity (Wildman–Crippen MR) is 106 cm³/mol. The molecule has 1 aliphatic rings. The Hall–Kier alpha value is 0. The molecule has 1 fully saturated rings. The van der Waals surface area contributed by atoms with E-state index in [0.29, 0.717) is 27.1 Å². The lowest BCUT2D eigenvalue weighted by molar-refractivity contribution is -0.0643. The van der Waals surface area contributed by atoms with Gasteiger partial charge in [-0.05, 0) is 58.2 Å². The van der Waals surface area contributed by atoms with Gasteiger partial charge in [0.25, 0.3) is 0 Å². The zero-order valence-corrected chi connectivity index (χ0v) is 18.5. The molecule has 0 amide bonds. The minimum atomic E-state index is 0.357. The minimum absolute atomic E-state index is 0.357. The van der Waals surface area contributed by atoms with E-state index in [1.165, 1.54) is 25.7 Å². The van der Waals surface area contributed by atoms with Crippen LogP contribution in [0.15, 0.2) is 0 Å². The van der Waals surface area contributed by atoms with Crippen molar-refractivity contribution in [1.29, 1.82) is 0 Å². The maximum absolute atomic E-state index is 2.58. The van der Waals surface area contributed by atoms with Crippen LogP contribution in [0.1, 0.15) is 109 Å². The van der Waals surface area contributed by atoms with Gasteiger partial charge in [0.1, 0.15) is 0 Å². The SMILES string of the molecule is CCC1CC(C)(C)CC(C)(C)C(C)(C)C1C(C)(C)CC(C)(C)C. The molecular formula is C23H46. The zero-order chi connectivity index (χ0) is 18.5. The molecule has 0 heteroatoms. The monoisotopic (exact) mass is 322 g/mol. The van der Waals surface area contributed by atoms with E-state index in [1.807, 2.05) is 0 Å². The summed E-state index contributed by atoms with van der Waals surface area (Å²) in [5.41, 5.74) is 1.95. The van der Waals surface area contributed by atoms with Crippen molar-refractivity contribution in [1.82, 2.24) is 0 Å². The molecule has 0 aliphatic heterocycles. The summed E-state index contributed by atoms with van der Waals surface area (Å²) in [5.74, 6) is 1.61. The fourth-order valence-corrected chi connectivity index (χ4v) is 6.81. The third-order valence-electron chi connectivity index (χ3n) is 7.08. The molecule has 23 heavy (non-hydrogen) atoms. The second-order valence-electron chi connectivity index (χ2n) is 12.5. The Morgan fingerprint density at radius 1 is 0.870 bits per heavy atom. The molecular weight excluding hydrogens is 276 g/mol. The van der Waals surface area contributed by atoms with E-state index in [4.69, 9.17) is 0 Å². The molecule has 0 N–H and O–H groups in total. The van der Waals surface area contributed by atoms with E-state index in [9.17, 15) is 0 Å². The summed E-state index contributed by atoms with van der Waals surface area (Å²) in [4.78, 5) is 0. The predicted octanol–water partition coefficient (Wildman–Crippen LogP) is 7.96. The topological polar surface area (TPSA) is 0 Å². The molecule has 0 saturated heterocycles. The first kappa shape index (κ1) is 21.0. The van der Waals surface area contributed by atoms with Crippen LogP contribution in [0.4, 0.5) is 0 Å². The second-order valence-corrected chi connectivity index (χ2v) is 12.5. The van der Waals surface area contributed by atoms with E-state index in [1.54, 1.807) is 0 Å². The maximum Gasteiger partial charge on any atom is -0.0267 e. The summed E-state index contributed by atoms with van der Waals surface area (Å²) in [7, 11) is 0. The van der Waals surface area contributed by atoms with Crippen LogP contribution >= 0.6 is 0 Å². The molecule has 2 unspecified atom stereocenters. The molecule has 0 radical (unpaired) electrons. The molecule has 2 atom stereocenters. The molecule has 0 spiro atoms. The largest absolute Gasteiger partial charge is 0.0651 e. The molecule has 0 nitrogen and oxygen atoms in total. The summed E-state index contributed by atoms with van der Waals surface area (Å²) in [6.07, 6.45) is 5.35. The number of hydrogen-bond acceptors (Lipinski definition) is 0. The summed E-state index contributed by atoms with van der Waals surface area (Å²) >= 11 is 0. The van der Waals surface area contributed by atoms with Crippen LogP contribution < -0.4 is 0 Å². The van der Waals surface area contributed by atoms with E-state index in [0.717, 1.165) is 11.8 Å². The molecule has 1 aliphatic carbocycles. The van der Waals surface area contributed by atoms with Gasteiger partial charge in [0.2, 0.25) is 0 Å². The van der Waals surface area contributed by atoms with E-state index in [-0.39, 0.29) is 0 Å². The lowest BCUT2D eigenvalue weighted by Crippen LogP contribution is -2.48. The van der Waals surface area contributed by atoms with Crippen molar-refractivity contribution in [3.8, 4) is 0 Å². The van der Waals surface area contributed by atoms with Gasteiger partial charge in [-0.2, -0.15) is 0 Å². The smallest absolute Gasteiger partial charge is 0.0267 e. The second kappa shape index (κ2) is 6.06. The van der Waals surface area contributed by atoms with Crippen molar-refractivity contribution < 1.29 is 0 Å². The van der Waals surface area contributed by atoms with E-state index >= 15 is 0 Å². The Kier molecular flexibility index (Phi) is 5.55. The van der Waals surface area contributed by atoms with Crippen LogP contribution in [0.2, 0.25) is 0 Å². The van der Waals surface area contributed by atoms with Gasteiger partial charge in [-0.15, -0.1) is 0 Å². The summed E-state index contributed by atoms with van der Waals surface area (Å²) in [5, 5.41) is 0. The van der Waals surface area contributed by atoms with Crippen LogP contribution in [0.3, 0.4) is 0 Å². The fourth-order valence-electron chi connectivity index (χ4n) is 6.81. The zero-order valence-electron chi connectivity index (χ0n) is 18.5. The van der Waals surface area contributed by atoms with Crippen molar-refractivity contribution in [2.24, 2.45) is 38.9 Å². The first-order valence-corrected chi connectivity index (χ1v) is 9.95. The average molecular weight is 323 g/mol.